The van der Waals surface area contributed by atoms with Crippen LogP contribution < -0.4 is 0 Å². The number of rotatable bonds is 1. The van der Waals surface area contributed by atoms with E-state index < -0.39 is 0 Å². The summed E-state index contributed by atoms with van der Waals surface area (Å²) in [6.45, 7) is 2.08. The number of fused-ring (bicyclic) bond motifs is 3. The SMILES string of the molecule is Cc1nn2c3c(cnc2c1-c1ccccc1)CCCCC3. The molecule has 4 rings (SSSR count). The van der Waals surface area contributed by atoms with E-state index in [-0.39, 0.29) is 0 Å². The summed E-state index contributed by atoms with van der Waals surface area (Å²) in [7, 11) is 0. The van der Waals surface area contributed by atoms with Gasteiger partial charge in [0, 0.05) is 17.5 Å². The van der Waals surface area contributed by atoms with Crippen LogP contribution in [0.4, 0.5) is 0 Å². The van der Waals surface area contributed by atoms with Gasteiger partial charge >= 0.3 is 0 Å². The van der Waals surface area contributed by atoms with Crippen LogP contribution in [-0.4, -0.2) is 14.6 Å². The third-order valence-corrected chi connectivity index (χ3v) is 4.43. The van der Waals surface area contributed by atoms with Gasteiger partial charge in [-0.1, -0.05) is 36.8 Å². The molecule has 0 saturated carbocycles. The Balaban J connectivity index is 1.98. The van der Waals surface area contributed by atoms with Crippen molar-refractivity contribution in [2.75, 3.05) is 0 Å². The Morgan fingerprint density at radius 3 is 2.67 bits per heavy atom. The van der Waals surface area contributed by atoms with Gasteiger partial charge in [-0.25, -0.2) is 9.50 Å². The van der Waals surface area contributed by atoms with Gasteiger partial charge in [-0.3, -0.25) is 0 Å². The molecule has 2 heterocycles. The lowest BCUT2D eigenvalue weighted by Crippen LogP contribution is -2.04. The Morgan fingerprint density at radius 1 is 1.00 bits per heavy atom. The van der Waals surface area contributed by atoms with Crippen LogP contribution in [0, 0.1) is 6.92 Å². The smallest absolute Gasteiger partial charge is 0.163 e. The van der Waals surface area contributed by atoms with Crippen LogP contribution in [0.5, 0.6) is 0 Å². The highest BCUT2D eigenvalue weighted by molar-refractivity contribution is 5.79. The van der Waals surface area contributed by atoms with Gasteiger partial charge in [-0.05, 0) is 43.7 Å². The van der Waals surface area contributed by atoms with Crippen LogP contribution in [0.25, 0.3) is 16.8 Å². The van der Waals surface area contributed by atoms with Crippen LogP contribution in [0.1, 0.15) is 36.2 Å². The van der Waals surface area contributed by atoms with Crippen LogP contribution in [0.15, 0.2) is 36.5 Å². The third kappa shape index (κ3) is 2.04. The fourth-order valence-electron chi connectivity index (χ4n) is 3.37. The molecule has 0 atom stereocenters. The fraction of sp³-hybridized carbons (Fsp3) is 0.333. The largest absolute Gasteiger partial charge is 0.236 e. The number of hydrogen-bond donors (Lipinski definition) is 0. The summed E-state index contributed by atoms with van der Waals surface area (Å²) in [5.41, 5.74) is 7.17. The summed E-state index contributed by atoms with van der Waals surface area (Å²) in [4.78, 5) is 4.73. The van der Waals surface area contributed by atoms with Gasteiger partial charge in [0.15, 0.2) is 5.65 Å². The van der Waals surface area contributed by atoms with Gasteiger partial charge in [0.25, 0.3) is 0 Å². The standard InChI is InChI=1S/C18H19N3/c1-13-17(14-8-4-2-5-9-14)18-19-12-15-10-6-3-7-11-16(15)21(18)20-13/h2,4-5,8-9,12H,3,6-7,10-11H2,1H3. The van der Waals surface area contributed by atoms with Gasteiger partial charge in [-0.2, -0.15) is 5.10 Å². The maximum atomic E-state index is 4.80. The molecule has 3 nitrogen and oxygen atoms in total. The average Bonchev–Trinajstić information content (AvgIpc) is 2.70. The van der Waals surface area contributed by atoms with E-state index in [0.717, 1.165) is 24.2 Å². The van der Waals surface area contributed by atoms with Crippen molar-refractivity contribution in [1.82, 2.24) is 14.6 Å². The Kier molecular flexibility index (Phi) is 2.99. The van der Waals surface area contributed by atoms with E-state index in [1.165, 1.54) is 41.6 Å². The normalized spacial score (nSPS) is 14.9. The van der Waals surface area contributed by atoms with Crippen LogP contribution in [-0.2, 0) is 12.8 Å². The molecule has 3 aromatic rings. The molecule has 0 bridgehead atoms. The van der Waals surface area contributed by atoms with Crippen LogP contribution >= 0.6 is 0 Å². The van der Waals surface area contributed by atoms with Crippen molar-refractivity contribution < 1.29 is 0 Å². The van der Waals surface area contributed by atoms with E-state index in [2.05, 4.69) is 41.9 Å². The minimum atomic E-state index is 0.999. The van der Waals surface area contributed by atoms with E-state index in [4.69, 9.17) is 10.1 Å². The molecule has 1 aromatic carbocycles. The molecule has 0 radical (unpaired) electrons. The lowest BCUT2D eigenvalue weighted by atomic mass is 10.1. The first kappa shape index (κ1) is 12.6. The summed E-state index contributed by atoms with van der Waals surface area (Å²) in [6, 6.07) is 10.5. The minimum absolute atomic E-state index is 0.999. The van der Waals surface area contributed by atoms with Gasteiger partial charge < -0.3 is 0 Å². The second kappa shape index (κ2) is 4.99. The molecule has 0 fully saturated rings. The van der Waals surface area contributed by atoms with Crippen LogP contribution in [0.2, 0.25) is 0 Å². The van der Waals surface area contributed by atoms with E-state index >= 15 is 0 Å². The van der Waals surface area contributed by atoms with E-state index in [1.807, 2.05) is 6.07 Å². The summed E-state index contributed by atoms with van der Waals surface area (Å²) in [5, 5.41) is 4.80. The zero-order valence-electron chi connectivity index (χ0n) is 12.3. The van der Waals surface area contributed by atoms with Crippen molar-refractivity contribution in [3.63, 3.8) is 0 Å². The summed E-state index contributed by atoms with van der Waals surface area (Å²) in [5.74, 6) is 0. The molecule has 1 aliphatic rings. The molecular formula is C18H19N3. The summed E-state index contributed by atoms with van der Waals surface area (Å²) < 4.78 is 2.10. The highest BCUT2D eigenvalue weighted by Gasteiger charge is 2.18. The summed E-state index contributed by atoms with van der Waals surface area (Å²) in [6.07, 6.45) is 8.16. The number of benzene rings is 1. The fourth-order valence-corrected chi connectivity index (χ4v) is 3.37. The first-order chi connectivity index (χ1) is 10.3. The number of hydrogen-bond acceptors (Lipinski definition) is 2. The first-order valence-corrected chi connectivity index (χ1v) is 7.76. The molecule has 0 spiro atoms. The zero-order chi connectivity index (χ0) is 14.2. The molecular weight excluding hydrogens is 258 g/mol. The predicted octanol–water partition coefficient (Wildman–Crippen LogP) is 3.97. The summed E-state index contributed by atoms with van der Waals surface area (Å²) >= 11 is 0. The van der Waals surface area contributed by atoms with Gasteiger partial charge in [0.2, 0.25) is 0 Å². The lowest BCUT2D eigenvalue weighted by molar-refractivity contribution is 0.701. The Bertz CT molecular complexity index is 787. The Morgan fingerprint density at radius 2 is 1.81 bits per heavy atom. The molecule has 3 heteroatoms. The molecule has 21 heavy (non-hydrogen) atoms. The second-order valence-corrected chi connectivity index (χ2v) is 5.85. The van der Waals surface area contributed by atoms with Crippen molar-refractivity contribution in [1.29, 1.82) is 0 Å². The predicted molar refractivity (Wildman–Crippen MR) is 84.4 cm³/mol. The highest BCUT2D eigenvalue weighted by Crippen LogP contribution is 2.29. The zero-order valence-corrected chi connectivity index (χ0v) is 12.3. The molecule has 0 amide bonds. The number of aromatic nitrogens is 3. The highest BCUT2D eigenvalue weighted by atomic mass is 15.3. The molecule has 0 N–H and O–H groups in total. The molecule has 0 saturated heterocycles. The molecule has 0 unspecified atom stereocenters. The van der Waals surface area contributed by atoms with E-state index in [0.29, 0.717) is 0 Å². The maximum Gasteiger partial charge on any atom is 0.163 e. The maximum absolute atomic E-state index is 4.80. The third-order valence-electron chi connectivity index (χ3n) is 4.43. The number of nitrogens with zero attached hydrogens (tertiary/aromatic N) is 3. The van der Waals surface area contributed by atoms with Crippen molar-refractivity contribution in [3.05, 3.63) is 53.5 Å². The van der Waals surface area contributed by atoms with E-state index in [9.17, 15) is 0 Å². The monoisotopic (exact) mass is 277 g/mol. The van der Waals surface area contributed by atoms with Gasteiger partial charge in [-0.15, -0.1) is 0 Å². The van der Waals surface area contributed by atoms with E-state index in [1.54, 1.807) is 0 Å². The van der Waals surface area contributed by atoms with Crippen molar-refractivity contribution in [2.45, 2.75) is 39.0 Å². The van der Waals surface area contributed by atoms with Crippen molar-refractivity contribution in [2.24, 2.45) is 0 Å². The Hall–Kier alpha value is -2.16. The minimum Gasteiger partial charge on any atom is -0.236 e. The van der Waals surface area contributed by atoms with Crippen LogP contribution in [0.3, 0.4) is 0 Å². The lowest BCUT2D eigenvalue weighted by Gasteiger charge is -2.07. The number of aryl methyl sites for hydroxylation is 3. The molecule has 106 valence electrons. The van der Waals surface area contributed by atoms with Gasteiger partial charge in [0.1, 0.15) is 0 Å². The van der Waals surface area contributed by atoms with Crippen molar-refractivity contribution >= 4 is 5.65 Å². The van der Waals surface area contributed by atoms with Gasteiger partial charge in [0.05, 0.1) is 5.69 Å². The average molecular weight is 277 g/mol. The topological polar surface area (TPSA) is 30.2 Å². The van der Waals surface area contributed by atoms with Crippen molar-refractivity contribution in [3.8, 4) is 11.1 Å². The molecule has 1 aliphatic carbocycles. The first-order valence-electron chi connectivity index (χ1n) is 7.76. The second-order valence-electron chi connectivity index (χ2n) is 5.85. The quantitative estimate of drug-likeness (QED) is 0.630. The molecule has 2 aromatic heterocycles. The molecule has 0 aliphatic heterocycles. The Labute approximate surface area is 124 Å².